The van der Waals surface area contributed by atoms with Crippen molar-refractivity contribution in [2.24, 2.45) is 0 Å². The highest BCUT2D eigenvalue weighted by molar-refractivity contribution is 5.92. The molecule has 1 aromatic rings. The lowest BCUT2D eigenvalue weighted by molar-refractivity contribution is -0.0118. The summed E-state index contributed by atoms with van der Waals surface area (Å²) in [4.78, 5) is 11.3. The molecule has 0 saturated carbocycles. The van der Waals surface area contributed by atoms with Gasteiger partial charge < -0.3 is 19.3 Å². The van der Waals surface area contributed by atoms with Gasteiger partial charge in [-0.3, -0.25) is 0 Å². The lowest BCUT2D eigenvalue weighted by Gasteiger charge is -2.23. The van der Waals surface area contributed by atoms with E-state index in [4.69, 9.17) is 14.2 Å². The van der Waals surface area contributed by atoms with Crippen molar-refractivity contribution >= 4 is 5.97 Å². The summed E-state index contributed by atoms with van der Waals surface area (Å²) in [7, 11) is 0. The summed E-state index contributed by atoms with van der Waals surface area (Å²) in [5.74, 6) is -0.273. The van der Waals surface area contributed by atoms with Crippen LogP contribution in [0.2, 0.25) is 0 Å². The second-order valence-electron chi connectivity index (χ2n) is 4.67. The predicted molar refractivity (Wildman–Crippen MR) is 73.7 cm³/mol. The summed E-state index contributed by atoms with van der Waals surface area (Å²) in [6.45, 7) is 3.40. The Labute approximate surface area is 118 Å². The molecule has 5 nitrogen and oxygen atoms in total. The monoisotopic (exact) mass is 280 g/mol. The Morgan fingerprint density at radius 3 is 2.90 bits per heavy atom. The third kappa shape index (κ3) is 3.63. The fourth-order valence-corrected chi connectivity index (χ4v) is 2.22. The quantitative estimate of drug-likeness (QED) is 0.868. The van der Waals surface area contributed by atoms with Crippen LogP contribution < -0.4 is 9.47 Å². The number of para-hydroxylation sites is 1. The van der Waals surface area contributed by atoms with Crippen LogP contribution in [-0.2, 0) is 4.74 Å². The topological polar surface area (TPSA) is 65.0 Å². The van der Waals surface area contributed by atoms with Gasteiger partial charge in [0.15, 0.2) is 11.5 Å². The second kappa shape index (κ2) is 7.14. The third-order valence-corrected chi connectivity index (χ3v) is 3.20. The van der Waals surface area contributed by atoms with E-state index in [0.717, 1.165) is 25.9 Å². The molecule has 0 aromatic heterocycles. The molecule has 1 aromatic carbocycles. The number of hydrogen-bond donors (Lipinski definition) is 1. The molecule has 1 fully saturated rings. The van der Waals surface area contributed by atoms with Crippen LogP contribution in [0, 0.1) is 0 Å². The molecule has 110 valence electrons. The minimum atomic E-state index is -1.02. The van der Waals surface area contributed by atoms with E-state index >= 15 is 0 Å². The molecule has 20 heavy (non-hydrogen) atoms. The first kappa shape index (κ1) is 14.7. The zero-order chi connectivity index (χ0) is 14.4. The van der Waals surface area contributed by atoms with Gasteiger partial charge in [0, 0.05) is 6.61 Å². The largest absolute Gasteiger partial charge is 0.490 e. The van der Waals surface area contributed by atoms with E-state index < -0.39 is 5.97 Å². The van der Waals surface area contributed by atoms with Crippen LogP contribution in [0.25, 0.3) is 0 Å². The minimum absolute atomic E-state index is 0.0278. The first-order valence-electron chi connectivity index (χ1n) is 6.96. The van der Waals surface area contributed by atoms with Crippen molar-refractivity contribution in [2.45, 2.75) is 32.3 Å². The lowest BCUT2D eigenvalue weighted by Crippen LogP contribution is -2.26. The Kier molecular flexibility index (Phi) is 5.24. The number of carbonyl (C=O) groups is 1. The highest BCUT2D eigenvalue weighted by Crippen LogP contribution is 2.32. The molecule has 0 bridgehead atoms. The van der Waals surface area contributed by atoms with Crippen molar-refractivity contribution in [1.29, 1.82) is 0 Å². The average molecular weight is 280 g/mol. The fourth-order valence-electron chi connectivity index (χ4n) is 2.22. The molecule has 1 unspecified atom stereocenters. The molecule has 0 radical (unpaired) electrons. The summed E-state index contributed by atoms with van der Waals surface area (Å²) in [6, 6.07) is 4.88. The molecule has 1 aliphatic heterocycles. The van der Waals surface area contributed by atoms with Gasteiger partial charge in [-0.25, -0.2) is 4.79 Å². The maximum Gasteiger partial charge on any atom is 0.339 e. The molecule has 0 spiro atoms. The number of carboxylic acid groups (broad SMARTS) is 1. The molecule has 0 aliphatic carbocycles. The first-order chi connectivity index (χ1) is 9.72. The molecule has 1 aliphatic rings. The summed E-state index contributed by atoms with van der Waals surface area (Å²) >= 11 is 0. The number of ether oxygens (including phenoxy) is 3. The fraction of sp³-hybridized carbons (Fsp3) is 0.533. The molecular weight excluding hydrogens is 260 g/mol. The molecule has 1 heterocycles. The van der Waals surface area contributed by atoms with Crippen molar-refractivity contribution in [3.63, 3.8) is 0 Å². The molecule has 1 atom stereocenters. The number of rotatable bonds is 6. The van der Waals surface area contributed by atoms with Gasteiger partial charge in [0.2, 0.25) is 0 Å². The normalized spacial score (nSPS) is 18.6. The standard InChI is InChI=1S/C15H20O5/c1-2-18-13-8-5-7-12(15(16)17)14(13)20-10-11-6-3-4-9-19-11/h5,7-8,11H,2-4,6,9-10H2,1H3,(H,16,17). The van der Waals surface area contributed by atoms with Gasteiger partial charge in [-0.2, -0.15) is 0 Å². The summed E-state index contributed by atoms with van der Waals surface area (Å²) in [5, 5.41) is 9.23. The number of hydrogen-bond acceptors (Lipinski definition) is 4. The molecule has 1 saturated heterocycles. The van der Waals surface area contributed by atoms with E-state index in [0.29, 0.717) is 19.0 Å². The number of aromatic carboxylic acids is 1. The van der Waals surface area contributed by atoms with Crippen LogP contribution in [0.15, 0.2) is 18.2 Å². The molecule has 2 rings (SSSR count). The van der Waals surface area contributed by atoms with E-state index in [9.17, 15) is 9.90 Å². The van der Waals surface area contributed by atoms with Crippen molar-refractivity contribution < 1.29 is 24.1 Å². The van der Waals surface area contributed by atoms with E-state index in [1.54, 1.807) is 12.1 Å². The maximum absolute atomic E-state index is 11.3. The molecule has 1 N–H and O–H groups in total. The highest BCUT2D eigenvalue weighted by atomic mass is 16.5. The third-order valence-electron chi connectivity index (χ3n) is 3.20. The van der Waals surface area contributed by atoms with Gasteiger partial charge in [0.25, 0.3) is 0 Å². The van der Waals surface area contributed by atoms with Crippen LogP contribution in [0.1, 0.15) is 36.5 Å². The average Bonchev–Trinajstić information content (AvgIpc) is 2.47. The summed E-state index contributed by atoms with van der Waals surface area (Å²) in [6.07, 6.45) is 3.17. The molecule has 0 amide bonds. The zero-order valence-corrected chi connectivity index (χ0v) is 11.6. The predicted octanol–water partition coefficient (Wildman–Crippen LogP) is 2.73. The lowest BCUT2D eigenvalue weighted by atomic mass is 10.1. The first-order valence-corrected chi connectivity index (χ1v) is 6.96. The van der Waals surface area contributed by atoms with E-state index in [1.165, 1.54) is 6.07 Å². The Balaban J connectivity index is 2.12. The van der Waals surface area contributed by atoms with Crippen LogP contribution in [-0.4, -0.2) is 37.0 Å². The molecular formula is C15H20O5. The SMILES string of the molecule is CCOc1cccc(C(=O)O)c1OCC1CCCCO1. The van der Waals surface area contributed by atoms with Crippen LogP contribution in [0.5, 0.6) is 11.5 Å². The highest BCUT2D eigenvalue weighted by Gasteiger charge is 2.20. The van der Waals surface area contributed by atoms with Gasteiger partial charge in [0.1, 0.15) is 12.2 Å². The summed E-state index contributed by atoms with van der Waals surface area (Å²) < 4.78 is 16.7. The Morgan fingerprint density at radius 2 is 2.25 bits per heavy atom. The van der Waals surface area contributed by atoms with Gasteiger partial charge in [-0.1, -0.05) is 6.07 Å². The smallest absolute Gasteiger partial charge is 0.339 e. The van der Waals surface area contributed by atoms with Crippen LogP contribution in [0.3, 0.4) is 0 Å². The maximum atomic E-state index is 11.3. The second-order valence-corrected chi connectivity index (χ2v) is 4.67. The van der Waals surface area contributed by atoms with E-state index in [2.05, 4.69) is 0 Å². The van der Waals surface area contributed by atoms with Gasteiger partial charge in [-0.15, -0.1) is 0 Å². The Hall–Kier alpha value is -1.75. The minimum Gasteiger partial charge on any atom is -0.490 e. The Bertz CT molecular complexity index is 452. The van der Waals surface area contributed by atoms with Crippen molar-refractivity contribution in [2.75, 3.05) is 19.8 Å². The van der Waals surface area contributed by atoms with Crippen molar-refractivity contribution in [1.82, 2.24) is 0 Å². The van der Waals surface area contributed by atoms with E-state index in [-0.39, 0.29) is 17.4 Å². The van der Waals surface area contributed by atoms with Crippen molar-refractivity contribution in [3.05, 3.63) is 23.8 Å². The van der Waals surface area contributed by atoms with Crippen molar-refractivity contribution in [3.8, 4) is 11.5 Å². The van der Waals surface area contributed by atoms with E-state index in [1.807, 2.05) is 6.92 Å². The summed E-state index contributed by atoms with van der Waals surface area (Å²) in [5.41, 5.74) is 0.117. The van der Waals surface area contributed by atoms with Crippen LogP contribution >= 0.6 is 0 Å². The zero-order valence-electron chi connectivity index (χ0n) is 11.6. The van der Waals surface area contributed by atoms with Gasteiger partial charge >= 0.3 is 5.97 Å². The molecule has 5 heteroatoms. The number of benzene rings is 1. The van der Waals surface area contributed by atoms with Gasteiger partial charge in [0.05, 0.1) is 12.7 Å². The number of carboxylic acids is 1. The van der Waals surface area contributed by atoms with Crippen LogP contribution in [0.4, 0.5) is 0 Å². The Morgan fingerprint density at radius 1 is 1.40 bits per heavy atom. The van der Waals surface area contributed by atoms with Gasteiger partial charge in [-0.05, 0) is 38.3 Å².